The molecule has 0 spiro atoms. The molecule has 2 aliphatic carbocycles. The van der Waals surface area contributed by atoms with E-state index >= 15 is 0 Å². The molecular formula is C53H57F8N6NaO7. The minimum absolute atomic E-state index is 0. The molecule has 13 nitrogen and oxygen atoms in total. The van der Waals surface area contributed by atoms with Crippen molar-refractivity contribution in [3.05, 3.63) is 130 Å². The minimum Gasteiger partial charge on any atom is -0.870 e. The Morgan fingerprint density at radius 1 is 0.613 bits per heavy atom. The van der Waals surface area contributed by atoms with Gasteiger partial charge in [-0.15, -0.1) is 0 Å². The van der Waals surface area contributed by atoms with Crippen LogP contribution >= 0.6 is 0 Å². The van der Waals surface area contributed by atoms with E-state index in [1.165, 1.54) is 31.4 Å². The summed E-state index contributed by atoms with van der Waals surface area (Å²) in [7, 11) is 1.38. The molecule has 2 aromatic carbocycles. The van der Waals surface area contributed by atoms with E-state index in [4.69, 9.17) is 9.84 Å². The van der Waals surface area contributed by atoms with E-state index in [1.807, 2.05) is 0 Å². The van der Waals surface area contributed by atoms with Gasteiger partial charge < -0.3 is 35.1 Å². The number of halogens is 8. The Morgan fingerprint density at radius 2 is 0.987 bits per heavy atom. The van der Waals surface area contributed by atoms with E-state index in [-0.39, 0.29) is 102 Å². The van der Waals surface area contributed by atoms with Gasteiger partial charge in [0.15, 0.2) is 0 Å². The number of fused-ring (bicyclic) bond motifs is 2. The predicted molar refractivity (Wildman–Crippen MR) is 257 cm³/mol. The number of aromatic nitrogens is 4. The van der Waals surface area contributed by atoms with E-state index < -0.39 is 42.8 Å². The summed E-state index contributed by atoms with van der Waals surface area (Å²) < 4.78 is 112. The second-order valence-electron chi connectivity index (χ2n) is 18.6. The van der Waals surface area contributed by atoms with Crippen molar-refractivity contribution in [3.8, 4) is 0 Å². The van der Waals surface area contributed by atoms with Crippen molar-refractivity contribution in [1.82, 2.24) is 29.7 Å². The number of carboxylic acid groups (broad SMARTS) is 1. The third-order valence-electron chi connectivity index (χ3n) is 13.9. The molecule has 2 aliphatic rings. The van der Waals surface area contributed by atoms with Crippen LogP contribution in [0.5, 0.6) is 0 Å². The van der Waals surface area contributed by atoms with Gasteiger partial charge in [-0.05, 0) is 135 Å². The molecule has 75 heavy (non-hydrogen) atoms. The number of hydrogen-bond donors (Lipinski definition) is 3. The Hall–Kier alpha value is -5.90. The van der Waals surface area contributed by atoms with Crippen molar-refractivity contribution in [2.75, 3.05) is 33.5 Å². The average Bonchev–Trinajstić information content (AvgIpc) is 3.95. The van der Waals surface area contributed by atoms with Gasteiger partial charge in [0.2, 0.25) is 0 Å². The summed E-state index contributed by atoms with van der Waals surface area (Å²) in [5, 5.41) is 16.2. The van der Waals surface area contributed by atoms with Crippen LogP contribution in [0.2, 0.25) is 0 Å². The maximum atomic E-state index is 13.3. The summed E-state index contributed by atoms with van der Waals surface area (Å²) in [4.78, 5) is 58.0. The predicted octanol–water partition coefficient (Wildman–Crippen LogP) is 7.39. The summed E-state index contributed by atoms with van der Waals surface area (Å²) >= 11 is 0. The Labute approximate surface area is 449 Å². The number of carbonyl (C=O) groups is 4. The first-order valence-electron chi connectivity index (χ1n) is 24.1. The van der Waals surface area contributed by atoms with Gasteiger partial charge in [-0.3, -0.25) is 19.2 Å². The van der Waals surface area contributed by atoms with E-state index in [2.05, 4.69) is 20.6 Å². The van der Waals surface area contributed by atoms with Crippen LogP contribution < -0.4 is 40.2 Å². The molecule has 8 rings (SSSR count). The van der Waals surface area contributed by atoms with Crippen LogP contribution in [0.1, 0.15) is 105 Å². The van der Waals surface area contributed by atoms with Crippen molar-refractivity contribution in [2.45, 2.75) is 89.7 Å². The number of carbonyl (C=O) groups excluding carboxylic acids is 3. The van der Waals surface area contributed by atoms with Gasteiger partial charge in [-0.1, -0.05) is 24.3 Å². The molecule has 0 bridgehead atoms. The summed E-state index contributed by atoms with van der Waals surface area (Å²) in [6.07, 6.45) is 3.54. The number of nitrogens with one attached hydrogen (secondary N) is 2. The number of aryl methyl sites for hydroxylation is 2. The second kappa shape index (κ2) is 26.7. The van der Waals surface area contributed by atoms with Crippen molar-refractivity contribution in [3.63, 3.8) is 0 Å². The quantitative estimate of drug-likeness (QED) is 0.0505. The zero-order valence-electron chi connectivity index (χ0n) is 41.5. The number of ether oxygens (including phenoxy) is 1. The standard InChI is InChI=1S/C27H29F4N3O3.C26H27F4N3O3.Na.H2O/c1-37-26(36)19-6-2-18(3-7-19)15-33-25(35)22-16-34(13-11-28)24-23(22)20(10-12-32-24)14-17-4-8-21(9-5-17)27(29,30)31;27-10-12-33-15-21(24(34)32-14-17-1-5-18(6-2-17)25(35)36)22-19(9-11-31-23(22)33)13-16-3-7-20(8-4-16)26(28,29)30;;/h4-5,8-10,12,16,18-19H,2-3,6-7,11,13-15H2,1H3,(H,33,35);3-4,7-9,11,15,17-18H,1-2,5-6,10,12-14H2,(H,32,34)(H,35,36);;1H2/q;;+1;/p-1. The number of esters is 1. The first-order chi connectivity index (χ1) is 34.9. The van der Waals surface area contributed by atoms with Crippen LogP contribution in [0.25, 0.3) is 22.1 Å². The molecule has 0 radical (unpaired) electrons. The van der Waals surface area contributed by atoms with Crippen molar-refractivity contribution in [2.24, 2.45) is 23.7 Å². The van der Waals surface area contributed by atoms with Crippen molar-refractivity contribution < 1.29 is 99.2 Å². The van der Waals surface area contributed by atoms with Gasteiger partial charge in [0, 0.05) is 48.6 Å². The third-order valence-corrected chi connectivity index (χ3v) is 13.9. The zero-order valence-corrected chi connectivity index (χ0v) is 43.5. The fraction of sp³-hybridized carbons (Fsp3) is 0.434. The molecule has 2 saturated carbocycles. The van der Waals surface area contributed by atoms with E-state index in [0.717, 1.165) is 37.1 Å². The van der Waals surface area contributed by atoms with Crippen LogP contribution in [0.4, 0.5) is 35.1 Å². The molecule has 22 heteroatoms. The Bertz CT molecular complexity index is 2880. The molecule has 2 amide bonds. The monoisotopic (exact) mass is 1060 g/mol. The molecule has 6 aromatic rings. The van der Waals surface area contributed by atoms with Crippen LogP contribution in [-0.4, -0.2) is 87.0 Å². The Morgan fingerprint density at radius 3 is 1.32 bits per heavy atom. The first-order valence-corrected chi connectivity index (χ1v) is 24.1. The Balaban J connectivity index is 0.000000270. The number of pyridine rings is 2. The average molecular weight is 1070 g/mol. The molecular weight excluding hydrogens is 1010 g/mol. The van der Waals surface area contributed by atoms with Gasteiger partial charge in [0.05, 0.1) is 54.3 Å². The number of alkyl halides is 8. The number of hydrogen-bond acceptors (Lipinski definition) is 8. The van der Waals surface area contributed by atoms with Crippen molar-refractivity contribution in [1.29, 1.82) is 0 Å². The largest absolute Gasteiger partial charge is 1.00 e. The molecule has 2 fully saturated rings. The van der Waals surface area contributed by atoms with Crippen LogP contribution in [0.3, 0.4) is 0 Å². The number of aliphatic carboxylic acids is 1. The summed E-state index contributed by atoms with van der Waals surface area (Å²) in [5.41, 5.74) is 2.78. The van der Waals surface area contributed by atoms with Gasteiger partial charge in [0.1, 0.15) is 24.6 Å². The van der Waals surface area contributed by atoms with Gasteiger partial charge in [-0.25, -0.2) is 18.7 Å². The van der Waals surface area contributed by atoms with E-state index in [1.54, 1.807) is 46.1 Å². The van der Waals surface area contributed by atoms with E-state index in [0.29, 0.717) is 107 Å². The molecule has 4 N–H and O–H groups in total. The summed E-state index contributed by atoms with van der Waals surface area (Å²) in [5.74, 6) is -1.69. The third kappa shape index (κ3) is 15.2. The van der Waals surface area contributed by atoms with Crippen LogP contribution in [0, 0.1) is 23.7 Å². The molecule has 0 atom stereocenters. The van der Waals surface area contributed by atoms with Gasteiger partial charge in [-0.2, -0.15) is 26.3 Å². The van der Waals surface area contributed by atoms with Crippen LogP contribution in [0.15, 0.2) is 85.5 Å². The zero-order chi connectivity index (χ0) is 52.5. The molecule has 0 unspecified atom stereocenters. The molecule has 0 aliphatic heterocycles. The first kappa shape index (κ1) is 60.0. The van der Waals surface area contributed by atoms with Gasteiger partial charge in [0.25, 0.3) is 11.8 Å². The van der Waals surface area contributed by atoms with Crippen LogP contribution in [-0.2, 0) is 52.6 Å². The number of benzene rings is 2. The topological polar surface area (TPSA) is 187 Å². The molecule has 398 valence electrons. The second-order valence-corrected chi connectivity index (χ2v) is 18.6. The summed E-state index contributed by atoms with van der Waals surface area (Å²) in [6, 6.07) is 13.2. The number of rotatable bonds is 16. The Kier molecular flexibility index (Phi) is 21.4. The maximum absolute atomic E-state index is 13.3. The number of nitrogens with zero attached hydrogens (tertiary/aromatic N) is 4. The SMILES string of the molecule is COC(=O)C1CCC(CNC(=O)c2cn(CCF)c3nccc(Cc4ccc(C(F)(F)F)cc4)c23)CC1.O=C(NCC1CCC(C(=O)O)CC1)c1cn(CCF)c2nccc(Cc3ccc(C(F)(F)F)cc3)c12.[Na+].[OH-]. The van der Waals surface area contributed by atoms with E-state index in [9.17, 15) is 54.3 Å². The molecule has 4 aromatic heterocycles. The summed E-state index contributed by atoms with van der Waals surface area (Å²) in [6.45, 7) is -0.411. The normalized spacial score (nSPS) is 17.7. The number of amides is 2. The molecule has 4 heterocycles. The molecule has 0 saturated heterocycles. The number of carboxylic acids is 1. The smallest absolute Gasteiger partial charge is 0.870 e. The van der Waals surface area contributed by atoms with Gasteiger partial charge >= 0.3 is 53.8 Å². The fourth-order valence-corrected chi connectivity index (χ4v) is 9.84. The fourth-order valence-electron chi connectivity index (χ4n) is 9.84. The minimum atomic E-state index is -4.43. The number of methoxy groups -OCH3 is 1. The van der Waals surface area contributed by atoms with Crippen molar-refractivity contribution >= 4 is 45.8 Å². The maximum Gasteiger partial charge on any atom is 1.00 e.